The molecule has 0 aliphatic rings. The Kier molecular flexibility index (Phi) is 5.08. The summed E-state index contributed by atoms with van der Waals surface area (Å²) in [5.41, 5.74) is 0.262. The van der Waals surface area contributed by atoms with Gasteiger partial charge in [0.1, 0.15) is 5.69 Å². The summed E-state index contributed by atoms with van der Waals surface area (Å²) in [7, 11) is -3.72. The molecule has 0 radical (unpaired) electrons. The van der Waals surface area contributed by atoms with Gasteiger partial charge in [0.2, 0.25) is 0 Å². The summed E-state index contributed by atoms with van der Waals surface area (Å²) in [6.45, 7) is 0. The highest BCUT2D eigenvalue weighted by Gasteiger charge is 2.21. The smallest absolute Gasteiger partial charge is 0.268 e. The van der Waals surface area contributed by atoms with Crippen molar-refractivity contribution in [2.45, 2.75) is 4.90 Å². The summed E-state index contributed by atoms with van der Waals surface area (Å²) in [5, 5.41) is 10.3. The summed E-state index contributed by atoms with van der Waals surface area (Å²) >= 11 is 2.75. The Balaban J connectivity index is 2.59. The largest absolute Gasteiger partial charge is 0.504 e. The van der Waals surface area contributed by atoms with E-state index in [4.69, 9.17) is 0 Å². The van der Waals surface area contributed by atoms with Crippen molar-refractivity contribution in [3.05, 3.63) is 58.6 Å². The fourth-order valence-corrected chi connectivity index (χ4v) is 4.47. The van der Waals surface area contributed by atoms with Gasteiger partial charge < -0.3 is 5.11 Å². The SMILES string of the molecule is CSC(SC)=C(O)c1cccn1S(=O)(=O)c1ccccc1. The quantitative estimate of drug-likeness (QED) is 0.842. The zero-order chi connectivity index (χ0) is 15.5. The average Bonchev–Trinajstić information content (AvgIpc) is 2.99. The minimum atomic E-state index is -3.72. The number of thioether (sulfide) groups is 2. The van der Waals surface area contributed by atoms with E-state index in [0.29, 0.717) is 4.24 Å². The molecule has 0 saturated heterocycles. The van der Waals surface area contributed by atoms with Crippen LogP contribution >= 0.6 is 23.5 Å². The molecule has 0 aliphatic heterocycles. The lowest BCUT2D eigenvalue weighted by molar-refractivity contribution is 0.506. The number of hydrogen-bond donors (Lipinski definition) is 1. The first-order chi connectivity index (χ1) is 10.0. The Bertz CT molecular complexity index is 743. The van der Waals surface area contributed by atoms with Gasteiger partial charge in [-0.2, -0.15) is 0 Å². The molecule has 1 aromatic carbocycles. The van der Waals surface area contributed by atoms with Crippen molar-refractivity contribution in [1.29, 1.82) is 0 Å². The molecular weight excluding hydrogens is 326 g/mol. The predicted octanol–water partition coefficient (Wildman–Crippen LogP) is 3.64. The van der Waals surface area contributed by atoms with Gasteiger partial charge >= 0.3 is 0 Å². The van der Waals surface area contributed by atoms with E-state index in [1.807, 2.05) is 12.5 Å². The second-order valence-electron chi connectivity index (χ2n) is 4.05. The first kappa shape index (κ1) is 16.1. The van der Waals surface area contributed by atoms with Crippen LogP contribution < -0.4 is 0 Å². The molecule has 0 amide bonds. The molecule has 2 aromatic rings. The van der Waals surface area contributed by atoms with Gasteiger partial charge in [-0.3, -0.25) is 0 Å². The minimum absolute atomic E-state index is 0.0282. The highest BCUT2D eigenvalue weighted by Crippen LogP contribution is 2.32. The van der Waals surface area contributed by atoms with Crippen LogP contribution in [0.5, 0.6) is 0 Å². The first-order valence-corrected chi connectivity index (χ1v) is 9.91. The van der Waals surface area contributed by atoms with Crippen molar-refractivity contribution in [3.63, 3.8) is 0 Å². The second kappa shape index (κ2) is 6.64. The lowest BCUT2D eigenvalue weighted by Gasteiger charge is -2.11. The van der Waals surface area contributed by atoms with Crippen LogP contribution in [0.25, 0.3) is 5.76 Å². The van der Waals surface area contributed by atoms with Crippen LogP contribution in [-0.2, 0) is 10.0 Å². The van der Waals surface area contributed by atoms with Crippen molar-refractivity contribution in [1.82, 2.24) is 3.97 Å². The highest BCUT2D eigenvalue weighted by molar-refractivity contribution is 8.21. The van der Waals surface area contributed by atoms with Crippen LogP contribution in [-0.4, -0.2) is 30.0 Å². The molecule has 0 saturated carbocycles. The summed E-state index contributed by atoms with van der Waals surface area (Å²) < 4.78 is 27.0. The van der Waals surface area contributed by atoms with E-state index >= 15 is 0 Å². The summed E-state index contributed by atoms with van der Waals surface area (Å²) in [4.78, 5) is 0.185. The van der Waals surface area contributed by atoms with E-state index in [1.54, 1.807) is 30.3 Å². The molecule has 0 unspecified atom stereocenters. The fourth-order valence-electron chi connectivity index (χ4n) is 1.85. The normalized spacial score (nSPS) is 11.3. The molecule has 112 valence electrons. The number of benzene rings is 1. The zero-order valence-corrected chi connectivity index (χ0v) is 14.0. The van der Waals surface area contributed by atoms with Crippen LogP contribution in [0.4, 0.5) is 0 Å². The first-order valence-electron chi connectivity index (χ1n) is 6.02. The van der Waals surface area contributed by atoms with Gasteiger partial charge in [-0.1, -0.05) is 18.2 Å². The Labute approximate surface area is 132 Å². The van der Waals surface area contributed by atoms with E-state index in [-0.39, 0.29) is 16.3 Å². The van der Waals surface area contributed by atoms with E-state index in [2.05, 4.69) is 0 Å². The lowest BCUT2D eigenvalue weighted by Crippen LogP contribution is -2.14. The molecule has 0 aliphatic carbocycles. The van der Waals surface area contributed by atoms with E-state index in [1.165, 1.54) is 41.9 Å². The van der Waals surface area contributed by atoms with Crippen LogP contribution in [0.2, 0.25) is 0 Å². The lowest BCUT2D eigenvalue weighted by atomic mass is 10.4. The van der Waals surface area contributed by atoms with Crippen molar-refractivity contribution in [2.24, 2.45) is 0 Å². The zero-order valence-electron chi connectivity index (χ0n) is 11.6. The third-order valence-electron chi connectivity index (χ3n) is 2.82. The van der Waals surface area contributed by atoms with Crippen molar-refractivity contribution in [2.75, 3.05) is 12.5 Å². The molecule has 0 spiro atoms. The summed E-state index contributed by atoms with van der Waals surface area (Å²) in [6.07, 6.45) is 5.11. The molecule has 7 heteroatoms. The Morgan fingerprint density at radius 1 is 1.05 bits per heavy atom. The Hall–Kier alpha value is -1.31. The standard InChI is InChI=1S/C14H15NO3S3/c1-19-14(20-2)13(16)12-9-6-10-15(12)21(17,18)11-7-4-3-5-8-11/h3-10,16H,1-2H3. The number of rotatable bonds is 5. The van der Waals surface area contributed by atoms with Gasteiger partial charge in [-0.15, -0.1) is 23.5 Å². The van der Waals surface area contributed by atoms with Gasteiger partial charge in [0.15, 0.2) is 5.76 Å². The van der Waals surface area contributed by atoms with Gasteiger partial charge in [0.05, 0.1) is 9.13 Å². The minimum Gasteiger partial charge on any atom is -0.504 e. The van der Waals surface area contributed by atoms with Crippen molar-refractivity contribution < 1.29 is 13.5 Å². The Morgan fingerprint density at radius 3 is 2.24 bits per heavy atom. The van der Waals surface area contributed by atoms with Crippen LogP contribution in [0.3, 0.4) is 0 Å². The average molecular weight is 341 g/mol. The maximum Gasteiger partial charge on any atom is 0.268 e. The molecule has 1 heterocycles. The van der Waals surface area contributed by atoms with Crippen LogP contribution in [0.15, 0.2) is 57.8 Å². The number of hydrogen-bond acceptors (Lipinski definition) is 5. The predicted molar refractivity (Wildman–Crippen MR) is 90.0 cm³/mol. The van der Waals surface area contributed by atoms with E-state index in [9.17, 15) is 13.5 Å². The number of aromatic nitrogens is 1. The maximum absolute atomic E-state index is 12.6. The van der Waals surface area contributed by atoms with Crippen LogP contribution in [0.1, 0.15) is 5.69 Å². The summed E-state index contributed by atoms with van der Waals surface area (Å²) in [6, 6.07) is 11.3. The molecule has 0 atom stereocenters. The van der Waals surface area contributed by atoms with Gasteiger partial charge in [0.25, 0.3) is 10.0 Å². The fraction of sp³-hybridized carbons (Fsp3) is 0.143. The van der Waals surface area contributed by atoms with Crippen molar-refractivity contribution >= 4 is 39.3 Å². The highest BCUT2D eigenvalue weighted by atomic mass is 32.2. The molecule has 1 aromatic heterocycles. The molecular formula is C14H15NO3S3. The number of aliphatic hydroxyl groups is 1. The number of nitrogens with zero attached hydrogens (tertiary/aromatic N) is 1. The van der Waals surface area contributed by atoms with E-state index < -0.39 is 10.0 Å². The maximum atomic E-state index is 12.6. The molecule has 0 fully saturated rings. The topological polar surface area (TPSA) is 59.3 Å². The molecule has 21 heavy (non-hydrogen) atoms. The monoisotopic (exact) mass is 341 g/mol. The third kappa shape index (κ3) is 3.14. The summed E-state index contributed by atoms with van der Waals surface area (Å²) in [5.74, 6) is -0.0282. The van der Waals surface area contributed by atoms with Crippen molar-refractivity contribution in [3.8, 4) is 0 Å². The van der Waals surface area contributed by atoms with Gasteiger partial charge in [-0.25, -0.2) is 12.4 Å². The molecule has 1 N–H and O–H groups in total. The molecule has 4 nitrogen and oxygen atoms in total. The number of aliphatic hydroxyl groups excluding tert-OH is 1. The third-order valence-corrected chi connectivity index (χ3v) is 6.65. The van der Waals surface area contributed by atoms with Gasteiger partial charge in [-0.05, 0) is 36.8 Å². The van der Waals surface area contributed by atoms with Gasteiger partial charge in [0, 0.05) is 6.20 Å². The molecule has 2 rings (SSSR count). The second-order valence-corrected chi connectivity index (χ2v) is 7.76. The van der Waals surface area contributed by atoms with Crippen LogP contribution in [0, 0.1) is 0 Å². The Morgan fingerprint density at radius 2 is 1.67 bits per heavy atom. The molecule has 0 bridgehead atoms. The van der Waals surface area contributed by atoms with E-state index in [0.717, 1.165) is 3.97 Å².